The molecule has 61 valence electrons. The molecule has 0 atom stereocenters. The molecule has 0 saturated heterocycles. The summed E-state index contributed by atoms with van der Waals surface area (Å²) in [5.74, 6) is 0. The number of hydrogen-bond acceptors (Lipinski definition) is 0. The monoisotopic (exact) mass is 361 g/mol. The van der Waals surface area contributed by atoms with Gasteiger partial charge in [-0.3, -0.25) is 0 Å². The van der Waals surface area contributed by atoms with Crippen LogP contribution in [-0.2, 0) is 0 Å². The number of hydrogen-bond donors (Lipinski definition) is 0. The van der Waals surface area contributed by atoms with Crippen LogP contribution in [0.4, 0.5) is 0 Å². The Morgan fingerprint density at radius 3 is 2.00 bits per heavy atom. The summed E-state index contributed by atoms with van der Waals surface area (Å²) in [7, 11) is 0. The SMILES string of the molecule is [Pb][c]1ccccc1-c1ccccc1. The molecular weight excluding hydrogens is 351 g/mol. The fraction of sp³-hybridized carbons (Fsp3) is 0. The van der Waals surface area contributed by atoms with Gasteiger partial charge in [0.05, 0.1) is 0 Å². The van der Waals surface area contributed by atoms with Crippen molar-refractivity contribution in [2.45, 2.75) is 0 Å². The molecule has 0 amide bonds. The molecule has 1 heteroatoms. The van der Waals surface area contributed by atoms with Crippen molar-refractivity contribution in [1.82, 2.24) is 0 Å². The van der Waals surface area contributed by atoms with Crippen molar-refractivity contribution in [3.63, 3.8) is 0 Å². The van der Waals surface area contributed by atoms with E-state index in [4.69, 9.17) is 0 Å². The van der Waals surface area contributed by atoms with Gasteiger partial charge in [0.2, 0.25) is 0 Å². The van der Waals surface area contributed by atoms with Gasteiger partial charge in [-0.05, 0) is 0 Å². The van der Waals surface area contributed by atoms with Crippen LogP contribution in [0.3, 0.4) is 0 Å². The summed E-state index contributed by atoms with van der Waals surface area (Å²) in [6.07, 6.45) is 0. The van der Waals surface area contributed by atoms with E-state index in [-0.39, 0.29) is 0 Å². The molecule has 0 N–H and O–H groups in total. The van der Waals surface area contributed by atoms with Crippen LogP contribution in [0.2, 0.25) is 0 Å². The minimum atomic E-state index is 1.11. The van der Waals surface area contributed by atoms with Gasteiger partial charge in [0.1, 0.15) is 0 Å². The second-order valence-corrected chi connectivity index (χ2v) is 5.01. The normalized spacial score (nSPS) is 9.92. The van der Waals surface area contributed by atoms with Crippen LogP contribution in [0.15, 0.2) is 54.6 Å². The second-order valence-electron chi connectivity index (χ2n) is 2.91. The summed E-state index contributed by atoms with van der Waals surface area (Å²) in [4.78, 5) is 0. The van der Waals surface area contributed by atoms with Crippen LogP contribution in [0.1, 0.15) is 0 Å². The summed E-state index contributed by atoms with van der Waals surface area (Å²) < 4.78 is 1.47. The molecular formula is C12H9Pb. The number of benzene rings is 2. The van der Waals surface area contributed by atoms with Crippen LogP contribution >= 0.6 is 0 Å². The molecule has 0 fully saturated rings. The average Bonchev–Trinajstić information content (AvgIpc) is 2.20. The van der Waals surface area contributed by atoms with Crippen molar-refractivity contribution in [1.29, 1.82) is 0 Å². The Morgan fingerprint density at radius 2 is 1.31 bits per heavy atom. The first-order valence-corrected chi connectivity index (χ1v) is 6.18. The van der Waals surface area contributed by atoms with E-state index in [1.54, 1.807) is 0 Å². The average molecular weight is 360 g/mol. The van der Waals surface area contributed by atoms with Gasteiger partial charge in [0.15, 0.2) is 0 Å². The standard InChI is InChI=1S/C12H9.Pb/c1-3-7-11(8-4-1)12-9-5-2-6-10-12;/h1-9H;. The Morgan fingerprint density at radius 1 is 0.692 bits per heavy atom. The minimum absolute atomic E-state index is 1.11. The molecule has 0 aliphatic carbocycles. The molecule has 0 saturated carbocycles. The van der Waals surface area contributed by atoms with Gasteiger partial charge >= 0.3 is 94.6 Å². The molecule has 0 spiro atoms. The maximum atomic E-state index is 2.20. The van der Waals surface area contributed by atoms with Gasteiger partial charge in [-0.25, -0.2) is 0 Å². The molecule has 2 aromatic carbocycles. The van der Waals surface area contributed by atoms with E-state index in [0.29, 0.717) is 0 Å². The molecule has 0 aromatic heterocycles. The van der Waals surface area contributed by atoms with Gasteiger partial charge in [0, 0.05) is 0 Å². The zero-order valence-corrected chi connectivity index (χ0v) is 11.1. The van der Waals surface area contributed by atoms with E-state index >= 15 is 0 Å². The molecule has 13 heavy (non-hydrogen) atoms. The molecule has 0 nitrogen and oxygen atoms in total. The third-order valence-electron chi connectivity index (χ3n) is 2.01. The van der Waals surface area contributed by atoms with Crippen LogP contribution < -0.4 is 3.12 Å². The number of rotatable bonds is 1. The fourth-order valence-electron chi connectivity index (χ4n) is 1.35. The van der Waals surface area contributed by atoms with Crippen molar-refractivity contribution < 1.29 is 0 Å². The predicted octanol–water partition coefficient (Wildman–Crippen LogP) is 2.15. The van der Waals surface area contributed by atoms with Crippen molar-refractivity contribution in [3.05, 3.63) is 54.6 Å². The van der Waals surface area contributed by atoms with Crippen molar-refractivity contribution in [2.24, 2.45) is 0 Å². The second kappa shape index (κ2) is 4.05. The zero-order valence-electron chi connectivity index (χ0n) is 7.20. The molecule has 0 heterocycles. The Labute approximate surface area is 94.3 Å². The van der Waals surface area contributed by atoms with Crippen LogP contribution in [0.5, 0.6) is 0 Å². The van der Waals surface area contributed by atoms with Crippen molar-refractivity contribution in [3.8, 4) is 11.1 Å². The topological polar surface area (TPSA) is 0 Å². The Hall–Kier alpha value is -0.638. The molecule has 0 unspecified atom stereocenters. The van der Waals surface area contributed by atoms with E-state index in [1.165, 1.54) is 14.2 Å². The maximum absolute atomic E-state index is 2.20. The van der Waals surface area contributed by atoms with Gasteiger partial charge in [0.25, 0.3) is 0 Å². The summed E-state index contributed by atoms with van der Waals surface area (Å²) in [6, 6.07) is 19.2. The first-order chi connectivity index (χ1) is 6.38. The molecule has 0 aliphatic heterocycles. The Bertz CT molecular complexity index is 393. The zero-order chi connectivity index (χ0) is 9.10. The third kappa shape index (κ3) is 1.99. The van der Waals surface area contributed by atoms with E-state index < -0.39 is 0 Å². The Balaban J connectivity index is 2.54. The molecule has 2 aromatic rings. The summed E-state index contributed by atoms with van der Waals surface area (Å²) in [6.45, 7) is 0. The van der Waals surface area contributed by atoms with Crippen LogP contribution in [-0.4, -0.2) is 25.8 Å². The molecule has 0 bridgehead atoms. The van der Waals surface area contributed by atoms with Crippen LogP contribution in [0.25, 0.3) is 11.1 Å². The fourth-order valence-corrected chi connectivity index (χ4v) is 2.61. The first-order valence-electron chi connectivity index (χ1n) is 4.24. The molecule has 0 aliphatic rings. The van der Waals surface area contributed by atoms with Gasteiger partial charge < -0.3 is 0 Å². The van der Waals surface area contributed by atoms with E-state index in [0.717, 1.165) is 25.8 Å². The summed E-state index contributed by atoms with van der Waals surface area (Å²) in [5, 5.41) is 0. The molecule has 2 rings (SSSR count). The van der Waals surface area contributed by atoms with Crippen molar-refractivity contribution in [2.75, 3.05) is 0 Å². The Kier molecular flexibility index (Phi) is 2.78. The van der Waals surface area contributed by atoms with Gasteiger partial charge in [-0.2, -0.15) is 0 Å². The first kappa shape index (κ1) is 8.94. The third-order valence-corrected chi connectivity index (χ3v) is 3.71. The van der Waals surface area contributed by atoms with Crippen LogP contribution in [0, 0.1) is 0 Å². The van der Waals surface area contributed by atoms with E-state index in [1.807, 2.05) is 0 Å². The van der Waals surface area contributed by atoms with Gasteiger partial charge in [-0.15, -0.1) is 0 Å². The predicted molar refractivity (Wildman–Crippen MR) is 57.3 cm³/mol. The van der Waals surface area contributed by atoms with Gasteiger partial charge in [-0.1, -0.05) is 0 Å². The molecule has 3 radical (unpaired) electrons. The van der Waals surface area contributed by atoms with Crippen molar-refractivity contribution >= 4 is 28.9 Å². The van der Waals surface area contributed by atoms with E-state index in [2.05, 4.69) is 54.6 Å². The van der Waals surface area contributed by atoms with E-state index in [9.17, 15) is 0 Å². The summed E-state index contributed by atoms with van der Waals surface area (Å²) in [5.41, 5.74) is 2.71. The quantitative estimate of drug-likeness (QED) is 0.684. The summed E-state index contributed by atoms with van der Waals surface area (Å²) >= 11 is 1.11.